The monoisotopic (exact) mass is 285 g/mol. The van der Waals surface area contributed by atoms with E-state index in [9.17, 15) is 9.59 Å². The normalized spacial score (nSPS) is 9.88. The minimum absolute atomic E-state index is 0.0728. The maximum absolute atomic E-state index is 11.7. The highest BCUT2D eigenvalue weighted by Gasteiger charge is 2.11. The number of ether oxygens (including phenoxy) is 1. The van der Waals surface area contributed by atoms with Crippen molar-refractivity contribution in [2.45, 2.75) is 19.3 Å². The lowest BCUT2D eigenvalue weighted by Gasteiger charge is -2.01. The van der Waals surface area contributed by atoms with E-state index in [0.29, 0.717) is 23.0 Å². The lowest BCUT2D eigenvalue weighted by Crippen LogP contribution is -2.05. The van der Waals surface area contributed by atoms with Crippen LogP contribution in [0.3, 0.4) is 0 Å². The van der Waals surface area contributed by atoms with Crippen molar-refractivity contribution in [2.75, 3.05) is 7.11 Å². The highest BCUT2D eigenvalue weighted by molar-refractivity contribution is 9.10. The van der Waals surface area contributed by atoms with Crippen molar-refractivity contribution in [1.82, 2.24) is 4.98 Å². The molecule has 0 saturated heterocycles. The van der Waals surface area contributed by atoms with Crippen LogP contribution in [0.25, 0.3) is 0 Å². The predicted molar refractivity (Wildman–Crippen MR) is 62.1 cm³/mol. The molecule has 0 fully saturated rings. The van der Waals surface area contributed by atoms with Crippen molar-refractivity contribution in [2.24, 2.45) is 0 Å². The molecule has 0 spiro atoms. The smallest absolute Gasteiger partial charge is 0.305 e. The van der Waals surface area contributed by atoms with E-state index >= 15 is 0 Å². The molecule has 86 valence electrons. The number of nitrogens with zero attached hydrogens (tertiary/aromatic N) is 1. The van der Waals surface area contributed by atoms with Gasteiger partial charge < -0.3 is 4.74 Å². The van der Waals surface area contributed by atoms with E-state index < -0.39 is 0 Å². The van der Waals surface area contributed by atoms with E-state index in [1.807, 2.05) is 0 Å². The molecule has 0 aromatic carbocycles. The molecule has 5 heteroatoms. The summed E-state index contributed by atoms with van der Waals surface area (Å²) in [4.78, 5) is 26.5. The zero-order valence-corrected chi connectivity index (χ0v) is 10.5. The van der Waals surface area contributed by atoms with Crippen LogP contribution in [0.4, 0.5) is 0 Å². The number of methoxy groups -OCH3 is 1. The van der Waals surface area contributed by atoms with E-state index in [1.165, 1.54) is 7.11 Å². The zero-order valence-electron chi connectivity index (χ0n) is 8.90. The number of esters is 1. The molecule has 0 unspecified atom stereocenters. The van der Waals surface area contributed by atoms with E-state index in [4.69, 9.17) is 0 Å². The first-order chi connectivity index (χ1) is 7.65. The van der Waals surface area contributed by atoms with Crippen LogP contribution in [0.2, 0.25) is 0 Å². The van der Waals surface area contributed by atoms with Crippen LogP contribution in [-0.4, -0.2) is 23.8 Å². The van der Waals surface area contributed by atoms with Gasteiger partial charge in [-0.15, -0.1) is 0 Å². The maximum Gasteiger partial charge on any atom is 0.305 e. The first kappa shape index (κ1) is 12.8. The van der Waals surface area contributed by atoms with Gasteiger partial charge in [0.1, 0.15) is 5.69 Å². The minimum atomic E-state index is -0.298. The second-order valence-corrected chi connectivity index (χ2v) is 4.04. The third-order valence-corrected chi connectivity index (χ3v) is 2.67. The molecule has 0 atom stereocenters. The minimum Gasteiger partial charge on any atom is -0.469 e. The van der Waals surface area contributed by atoms with E-state index in [2.05, 4.69) is 25.7 Å². The highest BCUT2D eigenvalue weighted by atomic mass is 79.9. The Labute approximate surface area is 102 Å². The summed E-state index contributed by atoms with van der Waals surface area (Å²) >= 11 is 3.26. The number of Topliss-reactive ketones (excluding diaryl/α,β-unsaturated/α-hetero) is 1. The van der Waals surface area contributed by atoms with Crippen LogP contribution in [0, 0.1) is 0 Å². The van der Waals surface area contributed by atoms with Gasteiger partial charge in [-0.1, -0.05) is 0 Å². The van der Waals surface area contributed by atoms with E-state index in [-0.39, 0.29) is 18.2 Å². The number of rotatable bonds is 5. The molecular formula is C11H12BrNO3. The molecule has 0 bridgehead atoms. The lowest BCUT2D eigenvalue weighted by molar-refractivity contribution is -0.140. The first-order valence-electron chi connectivity index (χ1n) is 4.85. The van der Waals surface area contributed by atoms with Crippen LogP contribution in [0.15, 0.2) is 22.8 Å². The molecule has 1 heterocycles. The molecule has 0 aliphatic rings. The summed E-state index contributed by atoms with van der Waals surface area (Å²) in [7, 11) is 1.33. The first-order valence-corrected chi connectivity index (χ1v) is 5.65. The molecule has 1 aromatic heterocycles. The van der Waals surface area contributed by atoms with Crippen LogP contribution >= 0.6 is 15.9 Å². The van der Waals surface area contributed by atoms with E-state index in [0.717, 1.165) is 0 Å². The maximum atomic E-state index is 11.7. The number of aromatic nitrogens is 1. The van der Waals surface area contributed by atoms with Gasteiger partial charge in [-0.25, -0.2) is 0 Å². The second kappa shape index (κ2) is 6.37. The molecule has 0 amide bonds. The lowest BCUT2D eigenvalue weighted by atomic mass is 10.1. The van der Waals surface area contributed by atoms with Gasteiger partial charge in [0.25, 0.3) is 0 Å². The summed E-state index contributed by atoms with van der Waals surface area (Å²) < 4.78 is 5.17. The Morgan fingerprint density at radius 1 is 1.44 bits per heavy atom. The third kappa shape index (κ3) is 3.73. The van der Waals surface area contributed by atoms with Crippen molar-refractivity contribution in [3.05, 3.63) is 28.5 Å². The quantitative estimate of drug-likeness (QED) is 0.616. The number of hydrogen-bond donors (Lipinski definition) is 0. The fourth-order valence-corrected chi connectivity index (χ4v) is 1.68. The van der Waals surface area contributed by atoms with Gasteiger partial charge >= 0.3 is 5.97 Å². The second-order valence-electron chi connectivity index (χ2n) is 3.19. The number of hydrogen-bond acceptors (Lipinski definition) is 4. The number of carbonyl (C=O) groups excluding carboxylic acids is 2. The fourth-order valence-electron chi connectivity index (χ4n) is 1.20. The third-order valence-electron chi connectivity index (χ3n) is 2.04. The van der Waals surface area contributed by atoms with Gasteiger partial charge in [-0.05, 0) is 34.5 Å². The molecule has 0 N–H and O–H groups in total. The van der Waals surface area contributed by atoms with Crippen molar-refractivity contribution >= 4 is 27.7 Å². The van der Waals surface area contributed by atoms with Gasteiger partial charge in [-0.2, -0.15) is 0 Å². The van der Waals surface area contributed by atoms with Crippen LogP contribution in [-0.2, 0) is 9.53 Å². The van der Waals surface area contributed by atoms with E-state index in [1.54, 1.807) is 18.3 Å². The number of pyridine rings is 1. The van der Waals surface area contributed by atoms with Gasteiger partial charge in [0.05, 0.1) is 7.11 Å². The Hall–Kier alpha value is -1.23. The summed E-state index contributed by atoms with van der Waals surface area (Å²) in [6, 6.07) is 3.51. The summed E-state index contributed by atoms with van der Waals surface area (Å²) in [5.74, 6) is -0.371. The van der Waals surface area contributed by atoms with Gasteiger partial charge in [0, 0.05) is 23.5 Å². The molecule has 4 nitrogen and oxygen atoms in total. The number of carbonyl (C=O) groups is 2. The molecule has 0 radical (unpaired) electrons. The molecule has 1 rings (SSSR count). The van der Waals surface area contributed by atoms with Crippen molar-refractivity contribution < 1.29 is 14.3 Å². The largest absolute Gasteiger partial charge is 0.469 e. The summed E-state index contributed by atoms with van der Waals surface area (Å²) in [6.45, 7) is 0. The van der Waals surface area contributed by atoms with Crippen LogP contribution in [0.5, 0.6) is 0 Å². The Morgan fingerprint density at radius 3 is 2.81 bits per heavy atom. The molecule has 16 heavy (non-hydrogen) atoms. The average molecular weight is 286 g/mol. The topological polar surface area (TPSA) is 56.3 Å². The van der Waals surface area contributed by atoms with Crippen molar-refractivity contribution in [3.8, 4) is 0 Å². The molecule has 0 aliphatic heterocycles. The fraction of sp³-hybridized carbons (Fsp3) is 0.364. The van der Waals surface area contributed by atoms with Crippen LogP contribution in [0.1, 0.15) is 29.8 Å². The summed E-state index contributed by atoms with van der Waals surface area (Å²) in [5.41, 5.74) is 0.410. The van der Waals surface area contributed by atoms with Gasteiger partial charge in [0.15, 0.2) is 5.78 Å². The SMILES string of the molecule is COC(=O)CCCC(=O)c1ncccc1Br. The zero-order chi connectivity index (χ0) is 12.0. The Balaban J connectivity index is 2.47. The average Bonchev–Trinajstić information content (AvgIpc) is 2.29. The number of halogens is 1. The Bertz CT molecular complexity index is 393. The highest BCUT2D eigenvalue weighted by Crippen LogP contribution is 2.16. The number of ketones is 1. The Kier molecular flexibility index (Phi) is 5.11. The molecular weight excluding hydrogens is 274 g/mol. The summed E-state index contributed by atoms with van der Waals surface area (Å²) in [5, 5.41) is 0. The van der Waals surface area contributed by atoms with Crippen molar-refractivity contribution in [3.63, 3.8) is 0 Å². The van der Waals surface area contributed by atoms with Crippen molar-refractivity contribution in [1.29, 1.82) is 0 Å². The van der Waals surface area contributed by atoms with Crippen LogP contribution < -0.4 is 0 Å². The molecule has 0 saturated carbocycles. The van der Waals surface area contributed by atoms with Gasteiger partial charge in [-0.3, -0.25) is 14.6 Å². The standard InChI is InChI=1S/C11H12BrNO3/c1-16-10(15)6-2-5-9(14)11-8(12)4-3-7-13-11/h3-4,7H,2,5-6H2,1H3. The molecule has 1 aromatic rings. The Morgan fingerprint density at radius 2 is 2.19 bits per heavy atom. The van der Waals surface area contributed by atoms with Gasteiger partial charge in [0.2, 0.25) is 0 Å². The predicted octanol–water partition coefficient (Wildman–Crippen LogP) is 2.37. The molecule has 0 aliphatic carbocycles. The summed E-state index contributed by atoms with van der Waals surface area (Å²) in [6.07, 6.45) is 2.60.